The SMILES string of the molecule is C[C@@H]1CC[C@H](NC(=O)CS(=O)(=O)C2CCCC2)[C@H](C)C1. The van der Waals surface area contributed by atoms with E-state index in [1.165, 1.54) is 0 Å². The molecule has 1 N–H and O–H groups in total. The lowest BCUT2D eigenvalue weighted by Gasteiger charge is -2.33. The molecule has 2 fully saturated rings. The van der Waals surface area contributed by atoms with Crippen molar-refractivity contribution in [2.45, 2.75) is 70.1 Å². The van der Waals surface area contributed by atoms with Crippen molar-refractivity contribution in [1.29, 1.82) is 0 Å². The van der Waals surface area contributed by atoms with Crippen molar-refractivity contribution in [2.24, 2.45) is 11.8 Å². The highest BCUT2D eigenvalue weighted by Crippen LogP contribution is 2.29. The molecule has 0 aromatic carbocycles. The molecule has 0 bridgehead atoms. The smallest absolute Gasteiger partial charge is 0.235 e. The van der Waals surface area contributed by atoms with Crippen molar-refractivity contribution in [2.75, 3.05) is 5.75 Å². The van der Waals surface area contributed by atoms with Gasteiger partial charge >= 0.3 is 0 Å². The molecule has 2 saturated carbocycles. The summed E-state index contributed by atoms with van der Waals surface area (Å²) in [6.45, 7) is 4.38. The van der Waals surface area contributed by atoms with Crippen LogP contribution in [0.25, 0.3) is 0 Å². The van der Waals surface area contributed by atoms with E-state index < -0.39 is 9.84 Å². The van der Waals surface area contributed by atoms with Crippen LogP contribution in [0.2, 0.25) is 0 Å². The van der Waals surface area contributed by atoms with Crippen molar-refractivity contribution in [3.05, 3.63) is 0 Å². The summed E-state index contributed by atoms with van der Waals surface area (Å²) in [6, 6.07) is 0.150. The second-order valence-corrected chi connectivity index (χ2v) is 9.06. The van der Waals surface area contributed by atoms with E-state index in [4.69, 9.17) is 0 Å². The van der Waals surface area contributed by atoms with Gasteiger partial charge in [-0.25, -0.2) is 8.42 Å². The van der Waals surface area contributed by atoms with Gasteiger partial charge in [-0.05, 0) is 43.9 Å². The highest BCUT2D eigenvalue weighted by molar-refractivity contribution is 7.92. The van der Waals surface area contributed by atoms with E-state index in [0.29, 0.717) is 11.8 Å². The average Bonchev–Trinajstić information content (AvgIpc) is 2.86. The first kappa shape index (κ1) is 15.8. The minimum absolute atomic E-state index is 0.150. The average molecular weight is 301 g/mol. The van der Waals surface area contributed by atoms with Gasteiger partial charge in [0.25, 0.3) is 0 Å². The van der Waals surface area contributed by atoms with Crippen molar-refractivity contribution in [3.8, 4) is 0 Å². The van der Waals surface area contributed by atoms with E-state index in [9.17, 15) is 13.2 Å². The standard InChI is InChI=1S/C15H27NO3S/c1-11-7-8-14(12(2)9-11)16-15(17)10-20(18,19)13-5-3-4-6-13/h11-14H,3-10H2,1-2H3,(H,16,17)/t11-,12-,14+/m1/s1. The molecular formula is C15H27NO3S. The molecule has 0 aliphatic heterocycles. The summed E-state index contributed by atoms with van der Waals surface area (Å²) in [5.41, 5.74) is 0. The number of sulfone groups is 1. The van der Waals surface area contributed by atoms with Crippen LogP contribution in [0.5, 0.6) is 0 Å². The zero-order chi connectivity index (χ0) is 14.8. The molecule has 2 rings (SSSR count). The minimum Gasteiger partial charge on any atom is -0.352 e. The molecule has 20 heavy (non-hydrogen) atoms. The third-order valence-corrected chi connectivity index (χ3v) is 7.07. The zero-order valence-electron chi connectivity index (χ0n) is 12.6. The molecule has 5 heteroatoms. The Balaban J connectivity index is 1.86. The molecule has 116 valence electrons. The topological polar surface area (TPSA) is 63.2 Å². The lowest BCUT2D eigenvalue weighted by Crippen LogP contribution is -2.45. The maximum atomic E-state index is 12.2. The number of hydrogen-bond acceptors (Lipinski definition) is 3. The van der Waals surface area contributed by atoms with E-state index in [2.05, 4.69) is 19.2 Å². The van der Waals surface area contributed by atoms with Gasteiger partial charge in [0.05, 0.1) is 5.25 Å². The van der Waals surface area contributed by atoms with Crippen LogP contribution in [0.4, 0.5) is 0 Å². The van der Waals surface area contributed by atoms with Gasteiger partial charge < -0.3 is 5.32 Å². The number of nitrogens with one attached hydrogen (secondary N) is 1. The molecule has 2 aliphatic rings. The number of carbonyl (C=O) groups excluding carboxylic acids is 1. The van der Waals surface area contributed by atoms with E-state index in [1.54, 1.807) is 0 Å². The predicted molar refractivity (Wildman–Crippen MR) is 80.2 cm³/mol. The Bertz CT molecular complexity index is 440. The van der Waals surface area contributed by atoms with Gasteiger partial charge in [-0.15, -0.1) is 0 Å². The maximum Gasteiger partial charge on any atom is 0.235 e. The summed E-state index contributed by atoms with van der Waals surface area (Å²) < 4.78 is 24.3. The molecule has 0 heterocycles. The van der Waals surface area contributed by atoms with Crippen LogP contribution >= 0.6 is 0 Å². The van der Waals surface area contributed by atoms with Crippen molar-refractivity contribution in [1.82, 2.24) is 5.32 Å². The van der Waals surface area contributed by atoms with Crippen LogP contribution in [-0.2, 0) is 14.6 Å². The molecule has 2 aliphatic carbocycles. The predicted octanol–water partition coefficient (Wildman–Crippen LogP) is 2.28. The Hall–Kier alpha value is -0.580. The molecular weight excluding hydrogens is 274 g/mol. The second-order valence-electron chi connectivity index (χ2n) is 6.78. The molecule has 3 atom stereocenters. The van der Waals surface area contributed by atoms with Gasteiger partial charge in [-0.3, -0.25) is 4.79 Å². The Kier molecular flexibility index (Phi) is 5.10. The quantitative estimate of drug-likeness (QED) is 0.866. The largest absolute Gasteiger partial charge is 0.352 e. The van der Waals surface area contributed by atoms with E-state index >= 15 is 0 Å². The van der Waals surface area contributed by atoms with Crippen LogP contribution in [0.3, 0.4) is 0 Å². The fourth-order valence-corrected chi connectivity index (χ4v) is 5.41. The van der Waals surface area contributed by atoms with Crippen LogP contribution in [0.15, 0.2) is 0 Å². The van der Waals surface area contributed by atoms with Gasteiger partial charge in [0, 0.05) is 6.04 Å². The Morgan fingerprint density at radius 2 is 1.75 bits per heavy atom. The van der Waals surface area contributed by atoms with Crippen LogP contribution in [0.1, 0.15) is 58.8 Å². The van der Waals surface area contributed by atoms with E-state index in [0.717, 1.165) is 44.9 Å². The monoisotopic (exact) mass is 301 g/mol. The molecule has 0 saturated heterocycles. The Morgan fingerprint density at radius 3 is 2.35 bits per heavy atom. The third-order valence-electron chi connectivity index (χ3n) is 4.92. The summed E-state index contributed by atoms with van der Waals surface area (Å²) in [5, 5.41) is 2.67. The molecule has 0 unspecified atom stereocenters. The molecule has 0 radical (unpaired) electrons. The normalized spacial score (nSPS) is 32.2. The number of carbonyl (C=O) groups is 1. The highest BCUT2D eigenvalue weighted by Gasteiger charge is 2.32. The molecule has 1 amide bonds. The Labute approximate surface area is 122 Å². The first-order valence-corrected chi connectivity index (χ1v) is 9.61. The molecule has 0 spiro atoms. The van der Waals surface area contributed by atoms with Gasteiger partial charge in [-0.1, -0.05) is 26.7 Å². The lowest BCUT2D eigenvalue weighted by atomic mass is 9.80. The zero-order valence-corrected chi connectivity index (χ0v) is 13.4. The van der Waals surface area contributed by atoms with Crippen molar-refractivity contribution >= 4 is 15.7 Å². The minimum atomic E-state index is -3.25. The van der Waals surface area contributed by atoms with E-state index in [1.807, 2.05) is 0 Å². The summed E-state index contributed by atoms with van der Waals surface area (Å²) in [6.07, 6.45) is 6.61. The summed E-state index contributed by atoms with van der Waals surface area (Å²) in [4.78, 5) is 12.0. The fourth-order valence-electron chi connectivity index (χ4n) is 3.68. The number of hydrogen-bond donors (Lipinski definition) is 1. The third kappa shape index (κ3) is 3.96. The van der Waals surface area contributed by atoms with Gasteiger partial charge in [0.15, 0.2) is 9.84 Å². The first-order valence-electron chi connectivity index (χ1n) is 7.89. The van der Waals surface area contributed by atoms with Crippen LogP contribution in [-0.4, -0.2) is 31.4 Å². The molecule has 4 nitrogen and oxygen atoms in total. The van der Waals surface area contributed by atoms with Crippen LogP contribution in [0, 0.1) is 11.8 Å². The van der Waals surface area contributed by atoms with Gasteiger partial charge in [-0.2, -0.15) is 0 Å². The lowest BCUT2D eigenvalue weighted by molar-refractivity contribution is -0.120. The van der Waals surface area contributed by atoms with Crippen molar-refractivity contribution in [3.63, 3.8) is 0 Å². The highest BCUT2D eigenvalue weighted by atomic mass is 32.2. The van der Waals surface area contributed by atoms with Gasteiger partial charge in [0.1, 0.15) is 5.75 Å². The van der Waals surface area contributed by atoms with Crippen LogP contribution < -0.4 is 5.32 Å². The molecule has 0 aromatic heterocycles. The number of amides is 1. The molecule has 0 aromatic rings. The first-order chi connectivity index (χ1) is 9.38. The Morgan fingerprint density at radius 1 is 1.10 bits per heavy atom. The maximum absolute atomic E-state index is 12.2. The summed E-state index contributed by atoms with van der Waals surface area (Å²) in [5.74, 6) is 0.525. The number of rotatable bonds is 4. The summed E-state index contributed by atoms with van der Waals surface area (Å²) >= 11 is 0. The van der Waals surface area contributed by atoms with Gasteiger partial charge in [0.2, 0.25) is 5.91 Å². The van der Waals surface area contributed by atoms with Crippen molar-refractivity contribution < 1.29 is 13.2 Å². The summed E-state index contributed by atoms with van der Waals surface area (Å²) in [7, 11) is -3.25. The van der Waals surface area contributed by atoms with E-state index in [-0.39, 0.29) is 23.0 Å². The second kappa shape index (κ2) is 6.46. The fraction of sp³-hybridized carbons (Fsp3) is 0.933.